The Morgan fingerprint density at radius 2 is 1.94 bits per heavy atom. The van der Waals surface area contributed by atoms with E-state index >= 15 is 0 Å². The molecule has 10 nitrogen and oxygen atoms in total. The number of carbonyl (C=O) groups excluding carboxylic acids is 4. The molecule has 4 N–H and O–H groups in total. The number of nitrogens with one attached hydrogen (secondary N) is 4. The van der Waals surface area contributed by atoms with Crippen LogP contribution < -0.4 is 16.0 Å². The molecule has 3 amide bonds. The maximum Gasteiger partial charge on any atom is 0.328 e. The summed E-state index contributed by atoms with van der Waals surface area (Å²) in [6, 6.07) is 5.35. The molecule has 1 aromatic heterocycles. The van der Waals surface area contributed by atoms with E-state index in [4.69, 9.17) is 4.74 Å². The SMILES string of the molecule is COC(=O)[C@H](C[C@@H]1CCNC1=O)NC(=O)[C@H](CC(C)C)NC(=O)c1nc2ccccc2[nH]1. The van der Waals surface area contributed by atoms with Crippen LogP contribution in [0.3, 0.4) is 0 Å². The number of hydrogen-bond donors (Lipinski definition) is 4. The molecule has 0 radical (unpaired) electrons. The number of methoxy groups -OCH3 is 1. The first-order valence-corrected chi connectivity index (χ1v) is 10.7. The third kappa shape index (κ3) is 5.63. The molecule has 0 spiro atoms. The van der Waals surface area contributed by atoms with E-state index in [9.17, 15) is 19.2 Å². The molecule has 0 aliphatic carbocycles. The van der Waals surface area contributed by atoms with Gasteiger partial charge in [-0.15, -0.1) is 0 Å². The Morgan fingerprint density at radius 3 is 2.56 bits per heavy atom. The van der Waals surface area contributed by atoms with Crippen LogP contribution in [0.1, 0.15) is 43.7 Å². The van der Waals surface area contributed by atoms with E-state index in [1.807, 2.05) is 26.0 Å². The fraction of sp³-hybridized carbons (Fsp3) is 0.500. The monoisotopic (exact) mass is 443 g/mol. The molecule has 32 heavy (non-hydrogen) atoms. The maximum absolute atomic E-state index is 13.0. The van der Waals surface area contributed by atoms with Crippen molar-refractivity contribution in [1.29, 1.82) is 0 Å². The number of para-hydroxylation sites is 2. The molecule has 1 aromatic carbocycles. The van der Waals surface area contributed by atoms with Crippen LogP contribution >= 0.6 is 0 Å². The van der Waals surface area contributed by atoms with Gasteiger partial charge in [0, 0.05) is 12.5 Å². The van der Waals surface area contributed by atoms with Crippen molar-refractivity contribution in [3.63, 3.8) is 0 Å². The average molecular weight is 444 g/mol. The Labute approximate surface area is 185 Å². The summed E-state index contributed by atoms with van der Waals surface area (Å²) in [7, 11) is 1.23. The molecule has 0 unspecified atom stereocenters. The Hall–Kier alpha value is -3.43. The van der Waals surface area contributed by atoms with Gasteiger partial charge in [-0.3, -0.25) is 14.4 Å². The van der Waals surface area contributed by atoms with Crippen LogP contribution in [0.15, 0.2) is 24.3 Å². The number of hydrogen-bond acceptors (Lipinski definition) is 6. The van der Waals surface area contributed by atoms with Gasteiger partial charge < -0.3 is 25.7 Å². The van der Waals surface area contributed by atoms with Crippen molar-refractivity contribution < 1.29 is 23.9 Å². The molecule has 1 fully saturated rings. The lowest BCUT2D eigenvalue weighted by Crippen LogP contribution is -2.53. The van der Waals surface area contributed by atoms with Crippen molar-refractivity contribution >= 4 is 34.7 Å². The molecular formula is C22H29N5O5. The molecule has 3 rings (SSSR count). The predicted molar refractivity (Wildman–Crippen MR) is 116 cm³/mol. The van der Waals surface area contributed by atoms with Crippen molar-refractivity contribution in [2.45, 2.75) is 45.2 Å². The molecular weight excluding hydrogens is 414 g/mol. The number of amides is 3. The number of nitrogens with zero attached hydrogens (tertiary/aromatic N) is 1. The van der Waals surface area contributed by atoms with Crippen molar-refractivity contribution in [1.82, 2.24) is 25.9 Å². The summed E-state index contributed by atoms with van der Waals surface area (Å²) in [5, 5.41) is 8.10. The quantitative estimate of drug-likeness (QED) is 0.424. The molecule has 0 saturated carbocycles. The van der Waals surface area contributed by atoms with Crippen LogP contribution in [0.5, 0.6) is 0 Å². The number of fused-ring (bicyclic) bond motifs is 1. The standard InChI is InChI=1S/C22H29N5O5/c1-12(2)10-16(26-21(30)18-24-14-6-4-5-7-15(14)25-18)20(29)27-17(22(31)32-3)11-13-8-9-23-19(13)28/h4-7,12-13,16-17H,8-11H2,1-3H3,(H,23,28)(H,24,25)(H,26,30)(H,27,29)/t13-,16-,17-/m0/s1. The van der Waals surface area contributed by atoms with Crippen LogP contribution in [0, 0.1) is 11.8 Å². The first-order chi connectivity index (χ1) is 15.3. The number of aromatic nitrogens is 2. The van der Waals surface area contributed by atoms with E-state index in [1.54, 1.807) is 12.1 Å². The zero-order valence-corrected chi connectivity index (χ0v) is 18.4. The summed E-state index contributed by atoms with van der Waals surface area (Å²) in [4.78, 5) is 57.2. The second kappa shape index (κ2) is 10.3. The fourth-order valence-electron chi connectivity index (χ4n) is 3.77. The van der Waals surface area contributed by atoms with E-state index < -0.39 is 29.9 Å². The van der Waals surface area contributed by atoms with Crippen LogP contribution in [0.25, 0.3) is 11.0 Å². The van der Waals surface area contributed by atoms with E-state index in [1.165, 1.54) is 7.11 Å². The molecule has 0 bridgehead atoms. The summed E-state index contributed by atoms with van der Waals surface area (Å²) in [5.41, 5.74) is 1.35. The van der Waals surface area contributed by atoms with Gasteiger partial charge in [0.05, 0.1) is 18.1 Å². The number of imidazole rings is 1. The lowest BCUT2D eigenvalue weighted by molar-refractivity contribution is -0.146. The van der Waals surface area contributed by atoms with Gasteiger partial charge in [0.25, 0.3) is 5.91 Å². The normalized spacial score (nSPS) is 17.6. The highest BCUT2D eigenvalue weighted by Crippen LogP contribution is 2.17. The van der Waals surface area contributed by atoms with Gasteiger partial charge in [0.1, 0.15) is 12.1 Å². The van der Waals surface area contributed by atoms with E-state index in [-0.39, 0.29) is 30.0 Å². The second-order valence-corrected chi connectivity index (χ2v) is 8.35. The summed E-state index contributed by atoms with van der Waals surface area (Å²) < 4.78 is 4.82. The van der Waals surface area contributed by atoms with Gasteiger partial charge in [0.2, 0.25) is 11.8 Å². The maximum atomic E-state index is 13.0. The van der Waals surface area contributed by atoms with Crippen LogP contribution in [-0.4, -0.2) is 59.4 Å². The van der Waals surface area contributed by atoms with Crippen molar-refractivity contribution in [2.75, 3.05) is 13.7 Å². The van der Waals surface area contributed by atoms with Crippen molar-refractivity contribution in [2.24, 2.45) is 11.8 Å². The van der Waals surface area contributed by atoms with Gasteiger partial charge in [-0.05, 0) is 37.3 Å². The van der Waals surface area contributed by atoms with Gasteiger partial charge in [-0.25, -0.2) is 9.78 Å². The van der Waals surface area contributed by atoms with E-state index in [2.05, 4.69) is 25.9 Å². The summed E-state index contributed by atoms with van der Waals surface area (Å²) in [6.07, 6.45) is 1.08. The highest BCUT2D eigenvalue weighted by molar-refractivity contribution is 5.98. The molecule has 1 aliphatic rings. The van der Waals surface area contributed by atoms with Crippen molar-refractivity contribution in [3.05, 3.63) is 30.1 Å². The van der Waals surface area contributed by atoms with E-state index in [0.717, 1.165) is 0 Å². The minimum atomic E-state index is -0.987. The fourth-order valence-corrected chi connectivity index (χ4v) is 3.77. The largest absolute Gasteiger partial charge is 0.467 e. The minimum absolute atomic E-state index is 0.0962. The highest BCUT2D eigenvalue weighted by atomic mass is 16.5. The number of aromatic amines is 1. The van der Waals surface area contributed by atoms with Gasteiger partial charge in [-0.2, -0.15) is 0 Å². The predicted octanol–water partition coefficient (Wildman–Crippen LogP) is 0.891. The highest BCUT2D eigenvalue weighted by Gasteiger charge is 2.34. The van der Waals surface area contributed by atoms with Crippen LogP contribution in [-0.2, 0) is 19.1 Å². The molecule has 1 saturated heterocycles. The minimum Gasteiger partial charge on any atom is -0.467 e. The third-order valence-corrected chi connectivity index (χ3v) is 5.42. The molecule has 1 aliphatic heterocycles. The molecule has 172 valence electrons. The zero-order valence-electron chi connectivity index (χ0n) is 18.4. The Morgan fingerprint density at radius 1 is 1.19 bits per heavy atom. The third-order valence-electron chi connectivity index (χ3n) is 5.42. The molecule has 2 heterocycles. The first kappa shape index (κ1) is 23.2. The summed E-state index contributed by atoms with van der Waals surface area (Å²) in [5.74, 6) is -2.01. The van der Waals surface area contributed by atoms with Gasteiger partial charge >= 0.3 is 5.97 Å². The number of benzene rings is 1. The lowest BCUT2D eigenvalue weighted by Gasteiger charge is -2.24. The molecule has 10 heteroatoms. The van der Waals surface area contributed by atoms with E-state index in [0.29, 0.717) is 30.4 Å². The van der Waals surface area contributed by atoms with Gasteiger partial charge in [0.15, 0.2) is 5.82 Å². The zero-order chi connectivity index (χ0) is 23.3. The molecule has 3 atom stereocenters. The summed E-state index contributed by atoms with van der Waals surface area (Å²) in [6.45, 7) is 4.39. The Balaban J connectivity index is 1.72. The number of ether oxygens (including phenoxy) is 1. The number of H-pyrrole nitrogens is 1. The van der Waals surface area contributed by atoms with Crippen molar-refractivity contribution in [3.8, 4) is 0 Å². The van der Waals surface area contributed by atoms with Gasteiger partial charge in [-0.1, -0.05) is 26.0 Å². The lowest BCUT2D eigenvalue weighted by atomic mass is 9.97. The molecule has 2 aromatic rings. The first-order valence-electron chi connectivity index (χ1n) is 10.7. The van der Waals surface area contributed by atoms with Crippen LogP contribution in [0.4, 0.5) is 0 Å². The smallest absolute Gasteiger partial charge is 0.328 e. The topological polar surface area (TPSA) is 142 Å². The second-order valence-electron chi connectivity index (χ2n) is 8.35. The summed E-state index contributed by atoms with van der Waals surface area (Å²) >= 11 is 0. The Kier molecular flexibility index (Phi) is 7.45. The number of carbonyl (C=O) groups is 4. The number of rotatable bonds is 9. The Bertz CT molecular complexity index is 969. The average Bonchev–Trinajstić information content (AvgIpc) is 3.37. The van der Waals surface area contributed by atoms with Crippen LogP contribution in [0.2, 0.25) is 0 Å². The number of esters is 1.